The number of aryl methyl sites for hydroxylation is 1. The molecular formula is C40H48N4O9. The number of rotatable bonds is 15. The van der Waals surface area contributed by atoms with E-state index in [1.165, 1.54) is 0 Å². The molecule has 8 bridgehead atoms. The number of carboxylic acids is 1. The van der Waals surface area contributed by atoms with Gasteiger partial charge in [-0.05, 0) is 81.0 Å². The van der Waals surface area contributed by atoms with Crippen molar-refractivity contribution >= 4 is 51.2 Å². The average molecular weight is 729 g/mol. The molecule has 0 radical (unpaired) electrons. The molecule has 13 nitrogen and oxygen atoms in total. The van der Waals surface area contributed by atoms with Gasteiger partial charge >= 0.3 is 17.9 Å². The molecule has 4 aliphatic heterocycles. The number of carbonyl (C=O) groups is 3. The van der Waals surface area contributed by atoms with Crippen molar-refractivity contribution in [2.75, 3.05) is 46.8 Å². The molecule has 0 saturated carbocycles. The Bertz CT molecular complexity index is 2070. The number of ether oxygens (including phenoxy) is 5. The van der Waals surface area contributed by atoms with E-state index in [-0.39, 0.29) is 41.9 Å². The lowest BCUT2D eigenvalue weighted by Gasteiger charge is -2.19. The van der Waals surface area contributed by atoms with Gasteiger partial charge in [-0.2, -0.15) is 0 Å². The fraction of sp³-hybridized carbons (Fsp3) is 0.475. The van der Waals surface area contributed by atoms with Crippen molar-refractivity contribution in [2.24, 2.45) is 0 Å². The summed E-state index contributed by atoms with van der Waals surface area (Å²) in [6.45, 7) is 14.7. The SMILES string of the molecule is CCC1=C(C)c2cc3nc(cc4[nH]c(c5c6[nH]c(cc1n2)c(C)c6C(=O)OC5=O)[C@@H](CCC(=O)O)[C@@H]4C)C(C)=C3C(C)OCCOCCOCCOC. The van der Waals surface area contributed by atoms with Crippen LogP contribution in [0, 0.1) is 6.92 Å². The Morgan fingerprint density at radius 3 is 2.25 bits per heavy atom. The van der Waals surface area contributed by atoms with Crippen molar-refractivity contribution < 1.29 is 43.2 Å². The zero-order chi connectivity index (χ0) is 38.0. The second-order valence-corrected chi connectivity index (χ2v) is 13.7. The quantitative estimate of drug-likeness (QED) is 0.100. The highest BCUT2D eigenvalue weighted by molar-refractivity contribution is 6.18. The van der Waals surface area contributed by atoms with E-state index in [0.29, 0.717) is 67.6 Å². The molecule has 3 N–H and O–H groups in total. The number of esters is 2. The van der Waals surface area contributed by atoms with E-state index in [9.17, 15) is 19.5 Å². The molecule has 2 aromatic rings. The van der Waals surface area contributed by atoms with Crippen LogP contribution in [0.5, 0.6) is 0 Å². The van der Waals surface area contributed by atoms with E-state index in [0.717, 1.165) is 51.5 Å². The molecule has 2 aromatic heterocycles. The van der Waals surface area contributed by atoms with E-state index < -0.39 is 17.9 Å². The lowest BCUT2D eigenvalue weighted by Crippen LogP contribution is -2.21. The van der Waals surface area contributed by atoms with Gasteiger partial charge in [-0.3, -0.25) is 4.79 Å². The largest absolute Gasteiger partial charge is 0.481 e. The first-order chi connectivity index (χ1) is 25.4. The van der Waals surface area contributed by atoms with Crippen LogP contribution in [0.25, 0.3) is 33.3 Å². The van der Waals surface area contributed by atoms with Crippen molar-refractivity contribution in [3.63, 3.8) is 0 Å². The van der Waals surface area contributed by atoms with Crippen LogP contribution in [-0.2, 0) is 28.5 Å². The molecule has 13 heteroatoms. The van der Waals surface area contributed by atoms with Gasteiger partial charge in [-0.15, -0.1) is 0 Å². The summed E-state index contributed by atoms with van der Waals surface area (Å²) in [5, 5.41) is 9.65. The average Bonchev–Trinajstić information content (AvgIpc) is 3.79. The Morgan fingerprint density at radius 1 is 0.887 bits per heavy atom. The molecule has 0 saturated heterocycles. The summed E-state index contributed by atoms with van der Waals surface area (Å²) in [6, 6.07) is 5.87. The van der Waals surface area contributed by atoms with Gasteiger partial charge in [0.1, 0.15) is 5.56 Å². The predicted octanol–water partition coefficient (Wildman–Crippen LogP) is 6.76. The van der Waals surface area contributed by atoms with Crippen molar-refractivity contribution in [2.45, 2.75) is 78.7 Å². The topological polar surface area (TPSA) is 175 Å². The standard InChI is InChI=1S/C40H48N4O9/c1-8-25-20(2)27-19-32-34(24(6)52-16-15-51-14-13-50-12-11-49-7)22(4)29(42-32)17-28-21(3)26(9-10-33(45)46)37(43-28)36-38-35(39(47)53-40(36)48)23(5)30(44-38)18-31(25)41-27/h17-19,21,24,26,43-44H,8-16H2,1-7H3,(H,45,46)/t21-,24?,26-/m0/s1. The number of nitrogens with zero attached hydrogens (tertiary/aromatic N) is 2. The van der Waals surface area contributed by atoms with Crippen LogP contribution < -0.4 is 0 Å². The highest BCUT2D eigenvalue weighted by Crippen LogP contribution is 2.44. The first-order valence-corrected chi connectivity index (χ1v) is 18.2. The second kappa shape index (κ2) is 16.1. The van der Waals surface area contributed by atoms with Crippen LogP contribution in [-0.4, -0.2) is 95.8 Å². The van der Waals surface area contributed by atoms with Crippen LogP contribution in [0.4, 0.5) is 0 Å². The maximum absolute atomic E-state index is 13.6. The van der Waals surface area contributed by atoms with Gasteiger partial charge in [0, 0.05) is 47.8 Å². The van der Waals surface area contributed by atoms with Crippen LogP contribution in [0.15, 0.2) is 18.2 Å². The lowest BCUT2D eigenvalue weighted by molar-refractivity contribution is -0.137. The van der Waals surface area contributed by atoms with Gasteiger partial charge in [0.25, 0.3) is 0 Å². The molecule has 0 spiro atoms. The summed E-state index contributed by atoms with van der Waals surface area (Å²) in [5.41, 5.74) is 10.2. The van der Waals surface area contributed by atoms with E-state index in [1.807, 2.05) is 52.8 Å². The summed E-state index contributed by atoms with van der Waals surface area (Å²) in [5.74, 6) is -3.06. The molecule has 0 amide bonds. The van der Waals surface area contributed by atoms with Crippen LogP contribution in [0.2, 0.25) is 0 Å². The molecule has 4 aliphatic rings. The number of cyclic esters (lactones) is 2. The first-order valence-electron chi connectivity index (χ1n) is 18.2. The number of methoxy groups -OCH3 is 1. The molecule has 0 aromatic carbocycles. The highest BCUT2D eigenvalue weighted by Gasteiger charge is 2.38. The minimum atomic E-state index is -0.941. The van der Waals surface area contributed by atoms with Crippen LogP contribution in [0.3, 0.4) is 0 Å². The normalized spacial score (nSPS) is 18.1. The third-order valence-electron chi connectivity index (χ3n) is 10.5. The molecule has 282 valence electrons. The fourth-order valence-electron chi connectivity index (χ4n) is 7.60. The number of hydrogen-bond donors (Lipinski definition) is 3. The maximum Gasteiger partial charge on any atom is 0.349 e. The monoisotopic (exact) mass is 728 g/mol. The number of hydrogen-bond acceptors (Lipinski definition) is 10. The second-order valence-electron chi connectivity index (χ2n) is 13.7. The molecule has 1 unspecified atom stereocenters. The molecule has 6 rings (SSSR count). The lowest BCUT2D eigenvalue weighted by atomic mass is 9.85. The summed E-state index contributed by atoms with van der Waals surface area (Å²) in [6.07, 6.45) is 0.539. The summed E-state index contributed by atoms with van der Waals surface area (Å²) in [4.78, 5) is 55.6. The Hall–Kier alpha value is -4.69. The van der Waals surface area contributed by atoms with E-state index in [4.69, 9.17) is 33.7 Å². The number of aromatic amines is 2. The van der Waals surface area contributed by atoms with Gasteiger partial charge in [-0.25, -0.2) is 19.6 Å². The Labute approximate surface area is 308 Å². The van der Waals surface area contributed by atoms with Crippen molar-refractivity contribution in [1.82, 2.24) is 19.9 Å². The number of aliphatic carboxylic acids is 1. The predicted molar refractivity (Wildman–Crippen MR) is 199 cm³/mol. The summed E-state index contributed by atoms with van der Waals surface area (Å²) in [7, 11) is 1.63. The van der Waals surface area contributed by atoms with Crippen LogP contribution >= 0.6 is 0 Å². The van der Waals surface area contributed by atoms with Crippen molar-refractivity contribution in [3.8, 4) is 0 Å². The van der Waals surface area contributed by atoms with Crippen molar-refractivity contribution in [3.05, 3.63) is 69.1 Å². The summed E-state index contributed by atoms with van der Waals surface area (Å²) >= 11 is 0. The minimum Gasteiger partial charge on any atom is -0.481 e. The van der Waals surface area contributed by atoms with Gasteiger partial charge in [0.05, 0.1) is 79.6 Å². The molecular weight excluding hydrogens is 680 g/mol. The van der Waals surface area contributed by atoms with E-state index >= 15 is 0 Å². The van der Waals surface area contributed by atoms with Gasteiger partial charge in [-0.1, -0.05) is 13.8 Å². The van der Waals surface area contributed by atoms with E-state index in [2.05, 4.69) is 16.9 Å². The van der Waals surface area contributed by atoms with Crippen molar-refractivity contribution in [1.29, 1.82) is 0 Å². The number of carbonyl (C=O) groups excluding carboxylic acids is 2. The molecule has 53 heavy (non-hydrogen) atoms. The minimum absolute atomic E-state index is 0.107. The highest BCUT2D eigenvalue weighted by atomic mass is 16.6. The molecule has 0 fully saturated rings. The molecule has 3 atom stereocenters. The Morgan fingerprint density at radius 2 is 1.55 bits per heavy atom. The van der Waals surface area contributed by atoms with Crippen LogP contribution in [0.1, 0.15) is 126 Å². The Kier molecular flexibility index (Phi) is 11.6. The number of carboxylic acid groups (broad SMARTS) is 1. The zero-order valence-corrected chi connectivity index (χ0v) is 31.4. The number of allylic oxidation sites excluding steroid dienone is 3. The van der Waals surface area contributed by atoms with Gasteiger partial charge in [0.15, 0.2) is 0 Å². The number of fused-ring (bicyclic) bond motifs is 8. The molecule has 6 heterocycles. The number of aromatic nitrogens is 4. The number of nitrogens with one attached hydrogen (secondary N) is 2. The van der Waals surface area contributed by atoms with Gasteiger partial charge < -0.3 is 38.8 Å². The van der Waals surface area contributed by atoms with E-state index in [1.54, 1.807) is 7.11 Å². The Balaban J connectivity index is 1.51. The maximum atomic E-state index is 13.6. The number of H-pyrrole nitrogens is 2. The summed E-state index contributed by atoms with van der Waals surface area (Å²) < 4.78 is 27.8. The third kappa shape index (κ3) is 7.56. The third-order valence-corrected chi connectivity index (χ3v) is 10.5. The smallest absolute Gasteiger partial charge is 0.349 e. The zero-order valence-electron chi connectivity index (χ0n) is 31.4. The molecule has 0 aliphatic carbocycles. The first kappa shape index (κ1) is 38.0. The fourth-order valence-corrected chi connectivity index (χ4v) is 7.60. The van der Waals surface area contributed by atoms with Gasteiger partial charge in [0.2, 0.25) is 0 Å².